The molecule has 0 aliphatic heterocycles. The Kier molecular flexibility index (Phi) is 5.95. The maximum absolute atomic E-state index is 11.3. The van der Waals surface area contributed by atoms with Gasteiger partial charge in [0.25, 0.3) is 5.70 Å². The molecule has 0 fully saturated rings. The highest BCUT2D eigenvalue weighted by Crippen LogP contribution is 2.30. The second-order valence-corrected chi connectivity index (χ2v) is 5.13. The van der Waals surface area contributed by atoms with E-state index in [1.165, 1.54) is 6.92 Å². The fourth-order valence-electron chi connectivity index (χ4n) is 2.44. The molecule has 0 bridgehead atoms. The van der Waals surface area contributed by atoms with Crippen LogP contribution >= 0.6 is 0 Å². The summed E-state index contributed by atoms with van der Waals surface area (Å²) in [5.41, 5.74) is 2.24. The second kappa shape index (κ2) is 8.15. The van der Waals surface area contributed by atoms with E-state index in [1.807, 2.05) is 62.4 Å². The maximum atomic E-state index is 11.3. The first kappa shape index (κ1) is 17.5. The van der Waals surface area contributed by atoms with Crippen molar-refractivity contribution >= 4 is 5.57 Å². The number of nitro groups is 1. The van der Waals surface area contributed by atoms with Gasteiger partial charge in [-0.2, -0.15) is 0 Å². The van der Waals surface area contributed by atoms with Crippen LogP contribution in [0.1, 0.15) is 31.9 Å². The number of nitrogens with zero attached hydrogens (tertiary/aromatic N) is 1. The van der Waals surface area contributed by atoms with Crippen LogP contribution in [0.3, 0.4) is 0 Å². The fraction of sp³-hybridized carbons (Fsp3) is 0.263. The standard InChI is InChI=1S/C19H21NO4/c1-4-23-17-10-6-15(7-11-17)19(14(3)20(21)22)16-8-12-18(13-9-16)24-5-2/h6-13H,4-5H2,1-3H3. The predicted octanol–water partition coefficient (Wildman–Crippen LogP) is 4.54. The Balaban J connectivity index is 2.46. The van der Waals surface area contributed by atoms with Crippen molar-refractivity contribution in [2.75, 3.05) is 13.2 Å². The largest absolute Gasteiger partial charge is 0.494 e. The molecule has 5 heteroatoms. The minimum absolute atomic E-state index is 0.100. The number of hydrogen-bond donors (Lipinski definition) is 0. The van der Waals surface area contributed by atoms with Crippen LogP contribution in [0.4, 0.5) is 0 Å². The quantitative estimate of drug-likeness (QED) is 0.553. The first-order valence-electron chi connectivity index (χ1n) is 7.88. The lowest BCUT2D eigenvalue weighted by atomic mass is 9.96. The fourth-order valence-corrected chi connectivity index (χ4v) is 2.44. The molecular formula is C19H21NO4. The Morgan fingerprint density at radius 2 is 1.25 bits per heavy atom. The van der Waals surface area contributed by atoms with E-state index in [4.69, 9.17) is 9.47 Å². The molecule has 0 unspecified atom stereocenters. The Bertz CT molecular complexity index is 667. The SMILES string of the molecule is CCOc1ccc(C(=C(C)[N+](=O)[O-])c2ccc(OCC)cc2)cc1. The molecule has 5 nitrogen and oxygen atoms in total. The van der Waals surface area contributed by atoms with Gasteiger partial charge in [0.2, 0.25) is 0 Å². The lowest BCUT2D eigenvalue weighted by Crippen LogP contribution is -2.01. The average Bonchev–Trinajstić information content (AvgIpc) is 2.58. The smallest absolute Gasteiger partial charge is 0.251 e. The molecule has 2 aromatic rings. The van der Waals surface area contributed by atoms with Crippen LogP contribution in [0.15, 0.2) is 54.2 Å². The van der Waals surface area contributed by atoms with Crippen LogP contribution in [0.2, 0.25) is 0 Å². The summed E-state index contributed by atoms with van der Waals surface area (Å²) in [6, 6.07) is 14.6. The summed E-state index contributed by atoms with van der Waals surface area (Å²) in [4.78, 5) is 11.0. The predicted molar refractivity (Wildman–Crippen MR) is 93.9 cm³/mol. The van der Waals surface area contributed by atoms with Crippen molar-refractivity contribution in [1.82, 2.24) is 0 Å². The Morgan fingerprint density at radius 1 is 0.875 bits per heavy atom. The van der Waals surface area contributed by atoms with E-state index in [1.54, 1.807) is 0 Å². The highest BCUT2D eigenvalue weighted by molar-refractivity contribution is 5.81. The Morgan fingerprint density at radius 3 is 1.54 bits per heavy atom. The molecule has 0 aliphatic rings. The molecule has 0 aliphatic carbocycles. The third kappa shape index (κ3) is 4.13. The highest BCUT2D eigenvalue weighted by Gasteiger charge is 2.17. The molecule has 0 spiro atoms. The molecule has 24 heavy (non-hydrogen) atoms. The van der Waals surface area contributed by atoms with Crippen molar-refractivity contribution in [3.8, 4) is 11.5 Å². The zero-order valence-corrected chi connectivity index (χ0v) is 14.1. The molecule has 0 N–H and O–H groups in total. The van der Waals surface area contributed by atoms with Gasteiger partial charge in [-0.25, -0.2) is 0 Å². The van der Waals surface area contributed by atoms with Crippen molar-refractivity contribution in [3.05, 3.63) is 75.5 Å². The molecule has 0 heterocycles. The van der Waals surface area contributed by atoms with Gasteiger partial charge in [-0.3, -0.25) is 10.1 Å². The normalized spacial score (nSPS) is 10.1. The summed E-state index contributed by atoms with van der Waals surface area (Å²) in [6.07, 6.45) is 0. The van der Waals surface area contributed by atoms with Gasteiger partial charge in [0, 0.05) is 6.92 Å². The van der Waals surface area contributed by atoms with Gasteiger partial charge in [-0.15, -0.1) is 0 Å². The van der Waals surface area contributed by atoms with Crippen molar-refractivity contribution < 1.29 is 14.4 Å². The lowest BCUT2D eigenvalue weighted by molar-refractivity contribution is -0.423. The zero-order chi connectivity index (χ0) is 17.5. The van der Waals surface area contributed by atoms with Gasteiger partial charge in [-0.1, -0.05) is 24.3 Å². The van der Waals surface area contributed by atoms with E-state index >= 15 is 0 Å². The Labute approximate surface area is 141 Å². The molecule has 0 atom stereocenters. The van der Waals surface area contributed by atoms with Crippen molar-refractivity contribution in [3.63, 3.8) is 0 Å². The molecule has 0 aromatic heterocycles. The number of hydrogen-bond acceptors (Lipinski definition) is 4. The number of ether oxygens (including phenoxy) is 2. The summed E-state index contributed by atoms with van der Waals surface area (Å²) in [7, 11) is 0. The van der Waals surface area contributed by atoms with E-state index in [0.29, 0.717) is 18.8 Å². The van der Waals surface area contributed by atoms with E-state index in [2.05, 4.69) is 0 Å². The monoisotopic (exact) mass is 327 g/mol. The van der Waals surface area contributed by atoms with Crippen LogP contribution < -0.4 is 9.47 Å². The molecule has 2 aromatic carbocycles. The third-order valence-corrected chi connectivity index (χ3v) is 3.54. The molecule has 0 saturated heterocycles. The number of rotatable bonds is 7. The molecule has 126 valence electrons. The highest BCUT2D eigenvalue weighted by atomic mass is 16.6. The van der Waals surface area contributed by atoms with Gasteiger partial charge in [0.1, 0.15) is 11.5 Å². The van der Waals surface area contributed by atoms with E-state index in [0.717, 1.165) is 22.6 Å². The van der Waals surface area contributed by atoms with E-state index in [-0.39, 0.29) is 10.6 Å². The maximum Gasteiger partial charge on any atom is 0.251 e. The number of benzene rings is 2. The van der Waals surface area contributed by atoms with E-state index in [9.17, 15) is 10.1 Å². The molecule has 0 saturated carbocycles. The minimum atomic E-state index is -0.359. The van der Waals surface area contributed by atoms with Crippen molar-refractivity contribution in [2.24, 2.45) is 0 Å². The minimum Gasteiger partial charge on any atom is -0.494 e. The molecular weight excluding hydrogens is 306 g/mol. The summed E-state index contributed by atoms with van der Waals surface area (Å²) < 4.78 is 10.9. The topological polar surface area (TPSA) is 61.6 Å². The van der Waals surface area contributed by atoms with Gasteiger partial charge in [-0.05, 0) is 49.2 Å². The summed E-state index contributed by atoms with van der Waals surface area (Å²) in [5, 5.41) is 11.3. The van der Waals surface area contributed by atoms with Gasteiger partial charge < -0.3 is 9.47 Å². The molecule has 0 radical (unpaired) electrons. The van der Waals surface area contributed by atoms with Crippen LogP contribution in [-0.4, -0.2) is 18.1 Å². The van der Waals surface area contributed by atoms with Crippen molar-refractivity contribution in [2.45, 2.75) is 20.8 Å². The molecule has 2 rings (SSSR count). The first-order valence-corrected chi connectivity index (χ1v) is 7.88. The van der Waals surface area contributed by atoms with Gasteiger partial charge in [0.15, 0.2) is 0 Å². The van der Waals surface area contributed by atoms with Crippen molar-refractivity contribution in [1.29, 1.82) is 0 Å². The first-order chi connectivity index (χ1) is 11.6. The van der Waals surface area contributed by atoms with Gasteiger partial charge in [0.05, 0.1) is 23.7 Å². The Hall–Kier alpha value is -2.82. The van der Waals surface area contributed by atoms with Crippen LogP contribution in [0, 0.1) is 10.1 Å². The summed E-state index contributed by atoms with van der Waals surface area (Å²) in [6.45, 7) is 6.50. The lowest BCUT2D eigenvalue weighted by Gasteiger charge is -2.11. The van der Waals surface area contributed by atoms with Crippen LogP contribution in [0.5, 0.6) is 11.5 Å². The summed E-state index contributed by atoms with van der Waals surface area (Å²) >= 11 is 0. The summed E-state index contributed by atoms with van der Waals surface area (Å²) in [5.74, 6) is 1.48. The van der Waals surface area contributed by atoms with Crippen LogP contribution in [0.25, 0.3) is 5.57 Å². The van der Waals surface area contributed by atoms with E-state index < -0.39 is 0 Å². The molecule has 0 amide bonds. The number of allylic oxidation sites excluding steroid dienone is 1. The van der Waals surface area contributed by atoms with Gasteiger partial charge >= 0.3 is 0 Å². The van der Waals surface area contributed by atoms with Crippen LogP contribution in [-0.2, 0) is 0 Å². The third-order valence-electron chi connectivity index (χ3n) is 3.54. The zero-order valence-electron chi connectivity index (χ0n) is 14.1. The second-order valence-electron chi connectivity index (χ2n) is 5.13. The average molecular weight is 327 g/mol.